The van der Waals surface area contributed by atoms with Crippen LogP contribution in [0, 0.1) is 0 Å². The van der Waals surface area contributed by atoms with Crippen molar-refractivity contribution in [2.24, 2.45) is 0 Å². The highest BCUT2D eigenvalue weighted by atomic mass is 32.1. The third kappa shape index (κ3) is 4.14. The topological polar surface area (TPSA) is 71.6 Å². The highest BCUT2D eigenvalue weighted by Crippen LogP contribution is 2.32. The Morgan fingerprint density at radius 2 is 1.71 bits per heavy atom. The van der Waals surface area contributed by atoms with Crippen LogP contribution in [-0.2, 0) is 11.3 Å². The molecule has 2 aromatic carbocycles. The SMILES string of the molecule is CC(=O)Nc1ccc(NC(=S)NCc2ccc3c(c2)OCO3)cc1. The summed E-state index contributed by atoms with van der Waals surface area (Å²) in [5.74, 6) is 1.41. The van der Waals surface area contributed by atoms with E-state index in [9.17, 15) is 4.79 Å². The standard InChI is InChI=1S/C17H17N3O3S/c1-11(21)19-13-3-5-14(6-4-13)20-17(24)18-9-12-2-7-15-16(8-12)23-10-22-15/h2-8H,9-10H2,1H3,(H,19,21)(H2,18,20,24). The van der Waals surface area contributed by atoms with Crippen molar-refractivity contribution in [3.63, 3.8) is 0 Å². The molecule has 1 aliphatic rings. The molecule has 2 aromatic rings. The summed E-state index contributed by atoms with van der Waals surface area (Å²) in [6, 6.07) is 13.1. The molecule has 0 atom stereocenters. The van der Waals surface area contributed by atoms with Crippen LogP contribution in [0.15, 0.2) is 42.5 Å². The Balaban J connectivity index is 1.51. The van der Waals surface area contributed by atoms with E-state index in [0.29, 0.717) is 11.7 Å². The minimum Gasteiger partial charge on any atom is -0.454 e. The summed E-state index contributed by atoms with van der Waals surface area (Å²) in [5, 5.41) is 9.47. The van der Waals surface area contributed by atoms with E-state index in [0.717, 1.165) is 28.4 Å². The molecule has 0 aromatic heterocycles. The second kappa shape index (κ2) is 7.18. The van der Waals surface area contributed by atoms with Crippen molar-refractivity contribution in [2.45, 2.75) is 13.5 Å². The fraction of sp³-hybridized carbons (Fsp3) is 0.176. The molecule has 124 valence electrons. The van der Waals surface area contributed by atoms with Crippen molar-refractivity contribution < 1.29 is 14.3 Å². The van der Waals surface area contributed by atoms with Crippen LogP contribution < -0.4 is 25.4 Å². The van der Waals surface area contributed by atoms with Gasteiger partial charge in [0, 0.05) is 24.8 Å². The van der Waals surface area contributed by atoms with Crippen molar-refractivity contribution in [2.75, 3.05) is 17.4 Å². The van der Waals surface area contributed by atoms with E-state index in [2.05, 4.69) is 16.0 Å². The highest BCUT2D eigenvalue weighted by molar-refractivity contribution is 7.80. The zero-order chi connectivity index (χ0) is 16.9. The van der Waals surface area contributed by atoms with Gasteiger partial charge < -0.3 is 25.4 Å². The van der Waals surface area contributed by atoms with Gasteiger partial charge in [-0.2, -0.15) is 0 Å². The second-order valence-electron chi connectivity index (χ2n) is 5.25. The molecular formula is C17H17N3O3S. The zero-order valence-electron chi connectivity index (χ0n) is 13.1. The first-order chi connectivity index (χ1) is 11.6. The number of anilines is 2. The average Bonchev–Trinajstić information content (AvgIpc) is 3.02. The number of hydrogen-bond donors (Lipinski definition) is 3. The third-order valence-electron chi connectivity index (χ3n) is 3.35. The molecule has 6 nitrogen and oxygen atoms in total. The second-order valence-corrected chi connectivity index (χ2v) is 5.66. The molecule has 0 aliphatic carbocycles. The summed E-state index contributed by atoms with van der Waals surface area (Å²) < 4.78 is 10.6. The van der Waals surface area contributed by atoms with E-state index in [-0.39, 0.29) is 12.7 Å². The first-order valence-electron chi connectivity index (χ1n) is 7.41. The number of carbonyl (C=O) groups is 1. The van der Waals surface area contributed by atoms with Crippen molar-refractivity contribution in [3.8, 4) is 11.5 Å². The number of nitrogens with one attached hydrogen (secondary N) is 3. The number of thiocarbonyl (C=S) groups is 1. The number of benzene rings is 2. The van der Waals surface area contributed by atoms with Gasteiger partial charge in [-0.1, -0.05) is 6.07 Å². The first kappa shape index (κ1) is 16.1. The molecular weight excluding hydrogens is 326 g/mol. The van der Waals surface area contributed by atoms with Crippen molar-refractivity contribution >= 4 is 34.6 Å². The van der Waals surface area contributed by atoms with Gasteiger partial charge in [0.15, 0.2) is 16.6 Å². The van der Waals surface area contributed by atoms with Gasteiger partial charge >= 0.3 is 0 Å². The predicted molar refractivity (Wildman–Crippen MR) is 96.4 cm³/mol. The summed E-state index contributed by atoms with van der Waals surface area (Å²) in [6.07, 6.45) is 0. The molecule has 0 saturated carbocycles. The Morgan fingerprint density at radius 3 is 2.42 bits per heavy atom. The molecule has 0 fully saturated rings. The van der Waals surface area contributed by atoms with Crippen molar-refractivity contribution in [3.05, 3.63) is 48.0 Å². The summed E-state index contributed by atoms with van der Waals surface area (Å²) >= 11 is 5.29. The molecule has 0 radical (unpaired) electrons. The lowest BCUT2D eigenvalue weighted by molar-refractivity contribution is -0.114. The van der Waals surface area contributed by atoms with Gasteiger partial charge in [0.1, 0.15) is 0 Å². The van der Waals surface area contributed by atoms with E-state index in [4.69, 9.17) is 21.7 Å². The number of hydrogen-bond acceptors (Lipinski definition) is 4. The number of amides is 1. The van der Waals surface area contributed by atoms with E-state index < -0.39 is 0 Å². The molecule has 1 heterocycles. The number of carbonyl (C=O) groups excluding carboxylic acids is 1. The minimum absolute atomic E-state index is 0.100. The summed E-state index contributed by atoms with van der Waals surface area (Å²) in [7, 11) is 0. The molecule has 1 amide bonds. The average molecular weight is 343 g/mol. The maximum Gasteiger partial charge on any atom is 0.231 e. The van der Waals surface area contributed by atoms with Gasteiger partial charge in [-0.15, -0.1) is 0 Å². The molecule has 0 saturated heterocycles. The fourth-order valence-electron chi connectivity index (χ4n) is 2.25. The number of rotatable bonds is 4. The van der Waals surface area contributed by atoms with Gasteiger partial charge in [0.2, 0.25) is 12.7 Å². The molecule has 7 heteroatoms. The molecule has 1 aliphatic heterocycles. The fourth-order valence-corrected chi connectivity index (χ4v) is 2.44. The molecule has 3 rings (SSSR count). The van der Waals surface area contributed by atoms with Crippen LogP contribution in [0.2, 0.25) is 0 Å². The lowest BCUT2D eigenvalue weighted by Crippen LogP contribution is -2.27. The highest BCUT2D eigenvalue weighted by Gasteiger charge is 2.13. The van der Waals surface area contributed by atoms with Gasteiger partial charge in [-0.3, -0.25) is 4.79 Å². The molecule has 0 bridgehead atoms. The third-order valence-corrected chi connectivity index (χ3v) is 3.60. The van der Waals surface area contributed by atoms with Crippen LogP contribution in [0.3, 0.4) is 0 Å². The van der Waals surface area contributed by atoms with Crippen molar-refractivity contribution in [1.29, 1.82) is 0 Å². The first-order valence-corrected chi connectivity index (χ1v) is 7.82. The molecule has 24 heavy (non-hydrogen) atoms. The lowest BCUT2D eigenvalue weighted by atomic mass is 10.2. The smallest absolute Gasteiger partial charge is 0.231 e. The number of fused-ring (bicyclic) bond motifs is 1. The quantitative estimate of drug-likeness (QED) is 0.742. The monoisotopic (exact) mass is 343 g/mol. The van der Waals surface area contributed by atoms with Crippen LogP contribution in [0.25, 0.3) is 0 Å². The lowest BCUT2D eigenvalue weighted by Gasteiger charge is -2.11. The maximum atomic E-state index is 11.0. The number of ether oxygens (including phenoxy) is 2. The van der Waals surface area contributed by atoms with Crippen LogP contribution in [0.5, 0.6) is 11.5 Å². The minimum atomic E-state index is -0.100. The van der Waals surface area contributed by atoms with Gasteiger partial charge in [0.05, 0.1) is 0 Å². The Morgan fingerprint density at radius 1 is 1.04 bits per heavy atom. The van der Waals surface area contributed by atoms with Crippen LogP contribution in [0.1, 0.15) is 12.5 Å². The van der Waals surface area contributed by atoms with E-state index >= 15 is 0 Å². The van der Waals surface area contributed by atoms with Gasteiger partial charge in [-0.25, -0.2) is 0 Å². The van der Waals surface area contributed by atoms with Gasteiger partial charge in [0.25, 0.3) is 0 Å². The zero-order valence-corrected chi connectivity index (χ0v) is 13.9. The van der Waals surface area contributed by atoms with E-state index in [1.165, 1.54) is 6.92 Å². The molecule has 0 unspecified atom stereocenters. The normalized spacial score (nSPS) is 11.7. The molecule has 3 N–H and O–H groups in total. The predicted octanol–water partition coefficient (Wildman–Crippen LogP) is 2.86. The maximum absolute atomic E-state index is 11.0. The Bertz CT molecular complexity index is 762. The largest absolute Gasteiger partial charge is 0.454 e. The Hall–Kier alpha value is -2.80. The summed E-state index contributed by atoms with van der Waals surface area (Å²) in [5.41, 5.74) is 2.63. The Kier molecular flexibility index (Phi) is 4.81. The van der Waals surface area contributed by atoms with Crippen LogP contribution in [-0.4, -0.2) is 17.8 Å². The van der Waals surface area contributed by atoms with Crippen LogP contribution in [0.4, 0.5) is 11.4 Å². The molecule has 0 spiro atoms. The summed E-state index contributed by atoms with van der Waals surface area (Å²) in [4.78, 5) is 11.0. The van der Waals surface area contributed by atoms with Crippen LogP contribution >= 0.6 is 12.2 Å². The van der Waals surface area contributed by atoms with Gasteiger partial charge in [-0.05, 0) is 54.2 Å². The van der Waals surface area contributed by atoms with E-state index in [1.54, 1.807) is 0 Å². The Labute approximate surface area is 145 Å². The summed E-state index contributed by atoms with van der Waals surface area (Å²) in [6.45, 7) is 2.31. The van der Waals surface area contributed by atoms with E-state index in [1.807, 2.05) is 42.5 Å². The van der Waals surface area contributed by atoms with Crippen molar-refractivity contribution in [1.82, 2.24) is 5.32 Å².